The maximum atomic E-state index is 13.2. The van der Waals surface area contributed by atoms with Gasteiger partial charge in [-0.2, -0.15) is 0 Å². The van der Waals surface area contributed by atoms with Crippen LogP contribution in [0, 0.1) is 0 Å². The third-order valence-electron chi connectivity index (χ3n) is 4.98. The van der Waals surface area contributed by atoms with E-state index < -0.39 is 5.54 Å². The van der Waals surface area contributed by atoms with Gasteiger partial charge < -0.3 is 9.80 Å². The highest BCUT2D eigenvalue weighted by molar-refractivity contribution is 9.10. The molecule has 0 radical (unpaired) electrons. The predicted molar refractivity (Wildman–Crippen MR) is 106 cm³/mol. The molecule has 5 heteroatoms. The van der Waals surface area contributed by atoms with E-state index in [9.17, 15) is 9.59 Å². The highest BCUT2D eigenvalue weighted by Crippen LogP contribution is 2.32. The first kappa shape index (κ1) is 18.4. The largest absolute Gasteiger partial charge is 0.326 e. The zero-order valence-electron chi connectivity index (χ0n) is 15.1. The lowest BCUT2D eigenvalue weighted by Crippen LogP contribution is -2.64. The number of piperazine rings is 1. The molecule has 1 fully saturated rings. The monoisotopic (exact) mass is 412 g/mol. The normalized spacial score (nSPS) is 22.2. The number of hydrogen-bond acceptors (Lipinski definition) is 2. The topological polar surface area (TPSA) is 40.6 Å². The van der Waals surface area contributed by atoms with Crippen molar-refractivity contribution in [1.82, 2.24) is 9.80 Å². The van der Waals surface area contributed by atoms with Gasteiger partial charge in [-0.1, -0.05) is 64.5 Å². The Morgan fingerprint density at radius 1 is 1.00 bits per heavy atom. The van der Waals surface area contributed by atoms with Crippen LogP contribution in [0.25, 0.3) is 6.08 Å². The predicted octanol–water partition coefficient (Wildman–Crippen LogP) is 3.72. The third-order valence-corrected chi connectivity index (χ3v) is 5.70. The molecule has 1 aliphatic rings. The molecule has 1 aliphatic heterocycles. The second kappa shape index (κ2) is 7.08. The quantitative estimate of drug-likeness (QED) is 0.720. The molecule has 0 spiro atoms. The molecule has 2 aromatic carbocycles. The third kappa shape index (κ3) is 3.19. The number of nitrogens with zero attached hydrogens (tertiary/aromatic N) is 2. The minimum absolute atomic E-state index is 0.0956. The lowest BCUT2D eigenvalue weighted by molar-refractivity contribution is -0.155. The number of hydrogen-bond donors (Lipinski definition) is 0. The smallest absolute Gasteiger partial charge is 0.271 e. The van der Waals surface area contributed by atoms with Gasteiger partial charge in [0.05, 0.1) is 0 Å². The fourth-order valence-electron chi connectivity index (χ4n) is 3.24. The molecule has 0 aromatic heterocycles. The Kier molecular flexibility index (Phi) is 5.01. The van der Waals surface area contributed by atoms with Crippen LogP contribution < -0.4 is 0 Å². The van der Waals surface area contributed by atoms with E-state index in [1.54, 1.807) is 25.1 Å². The number of carbonyl (C=O) groups is 2. The standard InChI is InChI=1S/C21H21BrN2O2/c1-21(14-15-9-5-4-6-10-15)20(26)23(2)18(19(25)24(21)3)13-16-11-7-8-12-17(16)22/h4-13H,14H2,1-3H3/b18-13+. The SMILES string of the molecule is CN1C(=O)C(C)(Cc2ccccc2)N(C)C(=O)/C1=C\c1ccccc1Br. The number of halogens is 1. The summed E-state index contributed by atoms with van der Waals surface area (Å²) in [6.45, 7) is 1.83. The van der Waals surface area contributed by atoms with Crippen molar-refractivity contribution in [2.24, 2.45) is 0 Å². The van der Waals surface area contributed by atoms with Gasteiger partial charge in [-0.15, -0.1) is 0 Å². The minimum atomic E-state index is -0.918. The Morgan fingerprint density at radius 2 is 1.62 bits per heavy atom. The van der Waals surface area contributed by atoms with Gasteiger partial charge in [-0.05, 0) is 30.2 Å². The van der Waals surface area contributed by atoms with E-state index in [1.165, 1.54) is 4.90 Å². The lowest BCUT2D eigenvalue weighted by Gasteiger charge is -2.45. The van der Waals surface area contributed by atoms with E-state index in [1.807, 2.05) is 61.5 Å². The molecule has 0 N–H and O–H groups in total. The highest BCUT2D eigenvalue weighted by atomic mass is 79.9. The number of benzene rings is 2. The summed E-state index contributed by atoms with van der Waals surface area (Å²) in [6, 6.07) is 17.4. The molecule has 3 rings (SSSR count). The fourth-order valence-corrected chi connectivity index (χ4v) is 3.64. The van der Waals surface area contributed by atoms with Crippen LogP contribution in [0.4, 0.5) is 0 Å². The fraction of sp³-hybridized carbons (Fsp3) is 0.238. The van der Waals surface area contributed by atoms with Crippen LogP contribution in [-0.2, 0) is 16.0 Å². The van der Waals surface area contributed by atoms with Crippen LogP contribution >= 0.6 is 15.9 Å². The van der Waals surface area contributed by atoms with Gasteiger partial charge in [0.1, 0.15) is 11.2 Å². The molecule has 0 saturated carbocycles. The van der Waals surface area contributed by atoms with E-state index in [0.717, 1.165) is 15.6 Å². The van der Waals surface area contributed by atoms with Crippen molar-refractivity contribution in [3.8, 4) is 0 Å². The van der Waals surface area contributed by atoms with Gasteiger partial charge in [0.15, 0.2) is 0 Å². The van der Waals surface area contributed by atoms with Gasteiger partial charge in [-0.3, -0.25) is 9.59 Å². The van der Waals surface area contributed by atoms with Crippen LogP contribution in [0.1, 0.15) is 18.1 Å². The van der Waals surface area contributed by atoms with E-state index in [0.29, 0.717) is 12.1 Å². The van der Waals surface area contributed by atoms with E-state index in [-0.39, 0.29) is 11.8 Å². The van der Waals surface area contributed by atoms with Crippen molar-refractivity contribution in [2.45, 2.75) is 18.9 Å². The molecule has 0 aliphatic carbocycles. The van der Waals surface area contributed by atoms with Gasteiger partial charge in [0.25, 0.3) is 11.8 Å². The van der Waals surface area contributed by atoms with Crippen LogP contribution in [0.5, 0.6) is 0 Å². The van der Waals surface area contributed by atoms with Crippen molar-refractivity contribution in [1.29, 1.82) is 0 Å². The van der Waals surface area contributed by atoms with Crippen LogP contribution in [0.2, 0.25) is 0 Å². The summed E-state index contributed by atoms with van der Waals surface area (Å²) >= 11 is 3.49. The highest BCUT2D eigenvalue weighted by Gasteiger charge is 2.48. The summed E-state index contributed by atoms with van der Waals surface area (Å²) in [7, 11) is 3.36. The zero-order valence-corrected chi connectivity index (χ0v) is 16.7. The average Bonchev–Trinajstić information content (AvgIpc) is 2.65. The summed E-state index contributed by atoms with van der Waals surface area (Å²) in [5, 5.41) is 0. The molecule has 1 unspecified atom stereocenters. The Labute approximate surface area is 162 Å². The van der Waals surface area contributed by atoms with Crippen molar-refractivity contribution >= 4 is 33.8 Å². The molecular weight excluding hydrogens is 392 g/mol. The number of carbonyl (C=O) groups excluding carboxylic acids is 2. The second-order valence-corrected chi connectivity index (χ2v) is 7.57. The van der Waals surface area contributed by atoms with Crippen LogP contribution in [0.15, 0.2) is 64.8 Å². The van der Waals surface area contributed by atoms with Crippen molar-refractivity contribution < 1.29 is 9.59 Å². The number of likely N-dealkylation sites (N-methyl/N-ethyl adjacent to an activating group) is 2. The molecule has 1 heterocycles. The van der Waals surface area contributed by atoms with E-state index in [2.05, 4.69) is 15.9 Å². The summed E-state index contributed by atoms with van der Waals surface area (Å²) < 4.78 is 0.876. The summed E-state index contributed by atoms with van der Waals surface area (Å²) in [5.41, 5.74) is 1.33. The van der Waals surface area contributed by atoms with E-state index in [4.69, 9.17) is 0 Å². The second-order valence-electron chi connectivity index (χ2n) is 6.72. The minimum Gasteiger partial charge on any atom is -0.326 e. The zero-order chi connectivity index (χ0) is 18.9. The van der Waals surface area contributed by atoms with Gasteiger partial charge in [-0.25, -0.2) is 0 Å². The maximum Gasteiger partial charge on any atom is 0.271 e. The van der Waals surface area contributed by atoms with Gasteiger partial charge in [0.2, 0.25) is 0 Å². The van der Waals surface area contributed by atoms with Crippen molar-refractivity contribution in [3.05, 3.63) is 75.9 Å². The van der Waals surface area contributed by atoms with Gasteiger partial charge in [0, 0.05) is 25.0 Å². The van der Waals surface area contributed by atoms with Crippen LogP contribution in [0.3, 0.4) is 0 Å². The first-order chi connectivity index (χ1) is 12.3. The number of amides is 2. The average molecular weight is 413 g/mol. The van der Waals surface area contributed by atoms with Gasteiger partial charge >= 0.3 is 0 Å². The Morgan fingerprint density at radius 3 is 2.27 bits per heavy atom. The van der Waals surface area contributed by atoms with Crippen molar-refractivity contribution in [2.75, 3.05) is 14.1 Å². The first-order valence-corrected chi connectivity index (χ1v) is 9.20. The Bertz CT molecular complexity index is 879. The number of rotatable bonds is 3. The van der Waals surface area contributed by atoms with Crippen molar-refractivity contribution in [3.63, 3.8) is 0 Å². The molecule has 1 saturated heterocycles. The summed E-state index contributed by atoms with van der Waals surface area (Å²) in [4.78, 5) is 29.3. The molecule has 2 amide bonds. The summed E-state index contributed by atoms with van der Waals surface area (Å²) in [6.07, 6.45) is 2.23. The van der Waals surface area contributed by atoms with Crippen LogP contribution in [-0.4, -0.2) is 41.2 Å². The Hall–Kier alpha value is -2.40. The molecular formula is C21H21BrN2O2. The first-order valence-electron chi connectivity index (χ1n) is 8.41. The molecule has 1 atom stereocenters. The maximum absolute atomic E-state index is 13.2. The summed E-state index contributed by atoms with van der Waals surface area (Å²) in [5.74, 6) is -0.261. The van der Waals surface area contributed by atoms with E-state index >= 15 is 0 Å². The lowest BCUT2D eigenvalue weighted by atomic mass is 9.87. The molecule has 26 heavy (non-hydrogen) atoms. The molecule has 134 valence electrons. The molecule has 2 aromatic rings. The molecule has 4 nitrogen and oxygen atoms in total. The Balaban J connectivity index is 1.98. The molecule has 0 bridgehead atoms.